The third kappa shape index (κ3) is 3.87. The van der Waals surface area contributed by atoms with Gasteiger partial charge in [0.05, 0.1) is 5.69 Å². The van der Waals surface area contributed by atoms with Crippen LogP contribution in [0.1, 0.15) is 36.9 Å². The number of hydrogen-bond donors (Lipinski definition) is 1. The fourth-order valence-electron chi connectivity index (χ4n) is 1.75. The van der Waals surface area contributed by atoms with Gasteiger partial charge in [0.2, 0.25) is 0 Å². The van der Waals surface area contributed by atoms with Crippen LogP contribution in [0.5, 0.6) is 0 Å². The Morgan fingerprint density at radius 3 is 2.67 bits per heavy atom. The van der Waals surface area contributed by atoms with Crippen LogP contribution in [0, 0.1) is 6.92 Å². The van der Waals surface area contributed by atoms with Crippen LogP contribution < -0.4 is 10.2 Å². The van der Waals surface area contributed by atoms with Crippen molar-refractivity contribution in [2.24, 2.45) is 0 Å². The van der Waals surface area contributed by atoms with E-state index in [1.807, 2.05) is 30.1 Å². The first kappa shape index (κ1) is 15.8. The molecule has 104 valence electrons. The minimum Gasteiger partial charge on any atom is -0.348 e. The van der Waals surface area contributed by atoms with Crippen molar-refractivity contribution in [1.82, 2.24) is 10.3 Å². The summed E-state index contributed by atoms with van der Waals surface area (Å²) in [6, 6.07) is 0.923. The number of aromatic nitrogens is 1. The lowest BCUT2D eigenvalue weighted by atomic mass is 10.2. The summed E-state index contributed by atoms with van der Waals surface area (Å²) in [5.41, 5.74) is 1.15. The molecule has 2 unspecified atom stereocenters. The highest BCUT2D eigenvalue weighted by atomic mass is 32.2. The highest BCUT2D eigenvalue weighted by molar-refractivity contribution is 7.98. The molecule has 0 aliphatic rings. The molecule has 0 radical (unpaired) electrons. The first-order valence-corrected chi connectivity index (χ1v) is 8.58. The number of thioether (sulfide) groups is 1. The summed E-state index contributed by atoms with van der Waals surface area (Å²) in [6.45, 7) is 6.55. The molecule has 2 atom stereocenters. The van der Waals surface area contributed by atoms with E-state index in [1.54, 1.807) is 0 Å². The van der Waals surface area contributed by atoms with E-state index in [9.17, 15) is 0 Å². The van der Waals surface area contributed by atoms with Crippen LogP contribution in [0.4, 0.5) is 5.13 Å². The van der Waals surface area contributed by atoms with E-state index >= 15 is 0 Å². The van der Waals surface area contributed by atoms with E-state index in [0.29, 0.717) is 12.1 Å². The molecule has 1 aromatic heterocycles. The number of aryl methyl sites for hydroxylation is 1. The van der Waals surface area contributed by atoms with Crippen LogP contribution >= 0.6 is 23.1 Å². The highest BCUT2D eigenvalue weighted by Crippen LogP contribution is 2.31. The third-order valence-electron chi connectivity index (χ3n) is 3.35. The monoisotopic (exact) mass is 287 g/mol. The first-order chi connectivity index (χ1) is 8.51. The second-order valence-electron chi connectivity index (χ2n) is 4.70. The Morgan fingerprint density at radius 2 is 2.11 bits per heavy atom. The van der Waals surface area contributed by atoms with Gasteiger partial charge in [0.15, 0.2) is 5.13 Å². The molecule has 0 saturated carbocycles. The maximum atomic E-state index is 4.71. The summed E-state index contributed by atoms with van der Waals surface area (Å²) < 4.78 is 0. The van der Waals surface area contributed by atoms with Gasteiger partial charge in [0, 0.05) is 24.0 Å². The lowest BCUT2D eigenvalue weighted by Gasteiger charge is -2.24. The topological polar surface area (TPSA) is 28.2 Å². The van der Waals surface area contributed by atoms with Gasteiger partial charge in [0.25, 0.3) is 0 Å². The van der Waals surface area contributed by atoms with Crippen molar-refractivity contribution in [1.29, 1.82) is 0 Å². The molecule has 0 saturated heterocycles. The second kappa shape index (κ2) is 7.36. The van der Waals surface area contributed by atoms with Crippen molar-refractivity contribution in [3.05, 3.63) is 10.6 Å². The minimum atomic E-state index is 0.381. The lowest BCUT2D eigenvalue weighted by Crippen LogP contribution is -2.29. The number of hydrogen-bond acceptors (Lipinski definition) is 5. The van der Waals surface area contributed by atoms with E-state index in [2.05, 4.69) is 44.3 Å². The first-order valence-electron chi connectivity index (χ1n) is 6.37. The zero-order chi connectivity index (χ0) is 13.7. The van der Waals surface area contributed by atoms with Crippen molar-refractivity contribution in [2.75, 3.05) is 31.0 Å². The fraction of sp³-hybridized carbons (Fsp3) is 0.769. The Balaban J connectivity index is 2.77. The van der Waals surface area contributed by atoms with Gasteiger partial charge in [-0.1, -0.05) is 0 Å². The van der Waals surface area contributed by atoms with E-state index < -0.39 is 0 Å². The molecule has 0 spiro atoms. The Kier molecular flexibility index (Phi) is 6.46. The molecular formula is C13H25N3S2. The number of nitrogens with zero attached hydrogens (tertiary/aromatic N) is 2. The van der Waals surface area contributed by atoms with Crippen LogP contribution in [0.2, 0.25) is 0 Å². The van der Waals surface area contributed by atoms with Crippen molar-refractivity contribution >= 4 is 28.2 Å². The number of thiazole rings is 1. The molecule has 1 aromatic rings. The second-order valence-corrected chi connectivity index (χ2v) is 6.69. The van der Waals surface area contributed by atoms with Crippen molar-refractivity contribution in [3.63, 3.8) is 0 Å². The van der Waals surface area contributed by atoms with Gasteiger partial charge >= 0.3 is 0 Å². The summed E-state index contributed by atoms with van der Waals surface area (Å²) in [4.78, 5) is 8.36. The van der Waals surface area contributed by atoms with Gasteiger partial charge in [-0.15, -0.1) is 11.3 Å². The molecule has 0 aliphatic heterocycles. The SMILES string of the molecule is CNC(C)c1sc(N(C)C(C)CCSC)nc1C. The molecule has 0 amide bonds. The molecule has 0 aliphatic carbocycles. The van der Waals surface area contributed by atoms with Gasteiger partial charge < -0.3 is 10.2 Å². The Morgan fingerprint density at radius 1 is 1.44 bits per heavy atom. The van der Waals surface area contributed by atoms with Crippen LogP contribution in [0.25, 0.3) is 0 Å². The zero-order valence-corrected chi connectivity index (χ0v) is 13.9. The summed E-state index contributed by atoms with van der Waals surface area (Å²) in [5.74, 6) is 1.20. The summed E-state index contributed by atoms with van der Waals surface area (Å²) >= 11 is 3.71. The van der Waals surface area contributed by atoms with E-state index in [-0.39, 0.29) is 0 Å². The molecule has 0 aromatic carbocycles. The largest absolute Gasteiger partial charge is 0.348 e. The minimum absolute atomic E-state index is 0.381. The molecule has 1 rings (SSSR count). The Labute approximate surface area is 119 Å². The molecule has 0 bridgehead atoms. The Bertz CT molecular complexity index is 365. The number of rotatable bonds is 7. The summed E-state index contributed by atoms with van der Waals surface area (Å²) in [6.07, 6.45) is 3.36. The smallest absolute Gasteiger partial charge is 0.185 e. The molecule has 0 fully saturated rings. The predicted octanol–water partition coefficient (Wildman–Crippen LogP) is 3.31. The van der Waals surface area contributed by atoms with Crippen LogP contribution in [-0.2, 0) is 0 Å². The van der Waals surface area contributed by atoms with Gasteiger partial charge in [0.1, 0.15) is 0 Å². The molecule has 1 N–H and O–H groups in total. The third-order valence-corrected chi connectivity index (χ3v) is 5.42. The molecule has 3 nitrogen and oxygen atoms in total. The molecule has 18 heavy (non-hydrogen) atoms. The van der Waals surface area contributed by atoms with Crippen molar-refractivity contribution < 1.29 is 0 Å². The van der Waals surface area contributed by atoms with Crippen LogP contribution in [-0.4, -0.2) is 37.1 Å². The van der Waals surface area contributed by atoms with Crippen molar-refractivity contribution in [2.45, 2.75) is 39.3 Å². The zero-order valence-electron chi connectivity index (χ0n) is 12.3. The predicted molar refractivity (Wildman–Crippen MR) is 85.2 cm³/mol. The number of nitrogens with one attached hydrogen (secondary N) is 1. The average molecular weight is 287 g/mol. The summed E-state index contributed by atoms with van der Waals surface area (Å²) in [7, 11) is 4.14. The maximum absolute atomic E-state index is 4.71. The normalized spacial score (nSPS) is 14.6. The van der Waals surface area contributed by atoms with Crippen molar-refractivity contribution in [3.8, 4) is 0 Å². The molecular weight excluding hydrogens is 262 g/mol. The molecule has 5 heteroatoms. The van der Waals surface area contributed by atoms with E-state index in [0.717, 1.165) is 10.8 Å². The number of anilines is 1. The average Bonchev–Trinajstić information content (AvgIpc) is 2.76. The molecule has 1 heterocycles. The van der Waals surface area contributed by atoms with Gasteiger partial charge in [-0.25, -0.2) is 4.98 Å². The van der Waals surface area contributed by atoms with E-state index in [1.165, 1.54) is 17.1 Å². The quantitative estimate of drug-likeness (QED) is 0.833. The van der Waals surface area contributed by atoms with Crippen LogP contribution in [0.3, 0.4) is 0 Å². The van der Waals surface area contributed by atoms with Gasteiger partial charge in [-0.3, -0.25) is 0 Å². The van der Waals surface area contributed by atoms with Crippen LogP contribution in [0.15, 0.2) is 0 Å². The highest BCUT2D eigenvalue weighted by Gasteiger charge is 2.18. The summed E-state index contributed by atoms with van der Waals surface area (Å²) in [5, 5.41) is 4.42. The van der Waals surface area contributed by atoms with E-state index in [4.69, 9.17) is 4.98 Å². The fourth-order valence-corrected chi connectivity index (χ4v) is 3.52. The maximum Gasteiger partial charge on any atom is 0.185 e. The Hall–Kier alpha value is -0.260. The standard InChI is InChI=1S/C13H25N3S2/c1-9(7-8-17-6)16(5)13-15-11(3)12(18-13)10(2)14-4/h9-10,14H,7-8H2,1-6H3. The lowest BCUT2D eigenvalue weighted by molar-refractivity contribution is 0.657. The van der Waals surface area contributed by atoms with Gasteiger partial charge in [-0.05, 0) is 46.2 Å². The van der Waals surface area contributed by atoms with Gasteiger partial charge in [-0.2, -0.15) is 11.8 Å².